The normalized spacial score (nSPS) is 10.7. The molecule has 0 radical (unpaired) electrons. The van der Waals surface area contributed by atoms with Gasteiger partial charge in [0.15, 0.2) is 17.1 Å². The van der Waals surface area contributed by atoms with Crippen LogP contribution < -0.4 is 10.1 Å². The first-order valence-corrected chi connectivity index (χ1v) is 8.41. The monoisotopic (exact) mass is 327 g/mol. The van der Waals surface area contributed by atoms with E-state index in [2.05, 4.69) is 5.32 Å². The molecule has 0 aliphatic heterocycles. The van der Waals surface area contributed by atoms with E-state index >= 15 is 0 Å². The molecule has 0 saturated heterocycles. The molecule has 0 unspecified atom stereocenters. The molecular formula is C18H17NO3S. The number of nitrogens with one attached hydrogen (secondary N) is 1. The molecule has 23 heavy (non-hydrogen) atoms. The minimum Gasteiger partial charge on any atom is -0.493 e. The van der Waals surface area contributed by atoms with Gasteiger partial charge in [-0.3, -0.25) is 4.79 Å². The van der Waals surface area contributed by atoms with Crippen LogP contribution in [0.1, 0.15) is 16.1 Å². The molecule has 1 N–H and O–H groups in total. The summed E-state index contributed by atoms with van der Waals surface area (Å²) in [7, 11) is 1.58. The molecule has 1 aromatic heterocycles. The van der Waals surface area contributed by atoms with Crippen LogP contribution in [0.25, 0.3) is 11.0 Å². The second-order valence-corrected chi connectivity index (χ2v) is 5.90. The van der Waals surface area contributed by atoms with Crippen molar-refractivity contribution in [3.63, 3.8) is 0 Å². The molecule has 0 aliphatic rings. The van der Waals surface area contributed by atoms with Crippen LogP contribution >= 0.6 is 11.8 Å². The fourth-order valence-corrected chi connectivity index (χ4v) is 2.73. The van der Waals surface area contributed by atoms with Gasteiger partial charge < -0.3 is 14.5 Å². The van der Waals surface area contributed by atoms with E-state index < -0.39 is 0 Å². The number of ether oxygens (including phenoxy) is 1. The number of hydrogen-bond acceptors (Lipinski definition) is 4. The van der Waals surface area contributed by atoms with Crippen LogP contribution in [0.5, 0.6) is 5.75 Å². The number of methoxy groups -OCH3 is 1. The molecule has 0 atom stereocenters. The first kappa shape index (κ1) is 15.5. The summed E-state index contributed by atoms with van der Waals surface area (Å²) in [6.45, 7) is 0.460. The third kappa shape index (κ3) is 3.35. The second kappa shape index (κ2) is 6.79. The molecule has 0 spiro atoms. The number of carbonyl (C=O) groups is 1. The predicted octanol–water partition coefficient (Wildman–Crippen LogP) is 4.09. The number of furan rings is 1. The maximum absolute atomic E-state index is 12.3. The molecule has 3 aromatic rings. The van der Waals surface area contributed by atoms with Crippen molar-refractivity contribution in [2.24, 2.45) is 0 Å². The Bertz CT molecular complexity index is 824. The van der Waals surface area contributed by atoms with Crippen molar-refractivity contribution in [2.45, 2.75) is 11.4 Å². The Kier molecular flexibility index (Phi) is 4.57. The Balaban J connectivity index is 1.72. The average molecular weight is 327 g/mol. The van der Waals surface area contributed by atoms with E-state index in [-0.39, 0.29) is 11.7 Å². The van der Waals surface area contributed by atoms with Crippen LogP contribution in [0.3, 0.4) is 0 Å². The molecule has 1 amide bonds. The summed E-state index contributed by atoms with van der Waals surface area (Å²) < 4.78 is 10.9. The molecule has 0 aliphatic carbocycles. The van der Waals surface area contributed by atoms with Gasteiger partial charge in [-0.05, 0) is 36.1 Å². The Hall–Kier alpha value is -2.40. The summed E-state index contributed by atoms with van der Waals surface area (Å²) in [6, 6.07) is 15.4. The van der Waals surface area contributed by atoms with Gasteiger partial charge in [-0.15, -0.1) is 11.8 Å². The minimum atomic E-state index is -0.239. The second-order valence-electron chi connectivity index (χ2n) is 5.02. The number of para-hydroxylation sites is 1. The number of hydrogen-bond donors (Lipinski definition) is 1. The van der Waals surface area contributed by atoms with Gasteiger partial charge in [0.2, 0.25) is 0 Å². The standard InChI is InChI=1S/C18H17NO3S/c1-21-15-5-3-4-13-10-16(22-17(13)15)18(20)19-11-12-6-8-14(23-2)9-7-12/h3-10H,11H2,1-2H3,(H,19,20). The molecule has 1 heterocycles. The van der Waals surface area contributed by atoms with E-state index in [4.69, 9.17) is 9.15 Å². The Morgan fingerprint density at radius 3 is 2.70 bits per heavy atom. The lowest BCUT2D eigenvalue weighted by Gasteiger charge is -2.04. The fraction of sp³-hybridized carbons (Fsp3) is 0.167. The minimum absolute atomic E-state index is 0.239. The summed E-state index contributed by atoms with van der Waals surface area (Å²) in [5.41, 5.74) is 1.63. The summed E-state index contributed by atoms with van der Waals surface area (Å²) in [5.74, 6) is 0.664. The third-order valence-electron chi connectivity index (χ3n) is 3.56. The number of amides is 1. The van der Waals surface area contributed by atoms with Crippen LogP contribution in [0, 0.1) is 0 Å². The van der Waals surface area contributed by atoms with E-state index in [1.165, 1.54) is 4.90 Å². The number of carbonyl (C=O) groups excluding carboxylic acids is 1. The number of benzene rings is 2. The van der Waals surface area contributed by atoms with E-state index in [0.29, 0.717) is 17.9 Å². The number of fused-ring (bicyclic) bond motifs is 1. The maximum atomic E-state index is 12.3. The number of rotatable bonds is 5. The summed E-state index contributed by atoms with van der Waals surface area (Å²) in [5, 5.41) is 3.72. The summed E-state index contributed by atoms with van der Waals surface area (Å²) in [6.07, 6.45) is 2.03. The zero-order chi connectivity index (χ0) is 16.2. The topological polar surface area (TPSA) is 51.5 Å². The Labute approximate surface area is 138 Å². The lowest BCUT2D eigenvalue weighted by Crippen LogP contribution is -2.22. The predicted molar refractivity (Wildman–Crippen MR) is 92.2 cm³/mol. The molecule has 0 saturated carbocycles. The van der Waals surface area contributed by atoms with Gasteiger partial charge in [0.05, 0.1) is 7.11 Å². The van der Waals surface area contributed by atoms with Gasteiger partial charge >= 0.3 is 0 Å². The van der Waals surface area contributed by atoms with Gasteiger partial charge in [-0.2, -0.15) is 0 Å². The number of thioether (sulfide) groups is 1. The fourth-order valence-electron chi connectivity index (χ4n) is 2.32. The quantitative estimate of drug-likeness (QED) is 0.717. The molecular weight excluding hydrogens is 310 g/mol. The van der Waals surface area contributed by atoms with Crippen LogP contribution in [0.15, 0.2) is 57.8 Å². The highest BCUT2D eigenvalue weighted by Gasteiger charge is 2.14. The lowest BCUT2D eigenvalue weighted by atomic mass is 10.2. The highest BCUT2D eigenvalue weighted by Crippen LogP contribution is 2.28. The van der Waals surface area contributed by atoms with Gasteiger partial charge in [-0.1, -0.05) is 24.3 Å². The largest absolute Gasteiger partial charge is 0.493 e. The highest BCUT2D eigenvalue weighted by molar-refractivity contribution is 7.98. The van der Waals surface area contributed by atoms with Crippen LogP contribution in [-0.2, 0) is 6.54 Å². The Morgan fingerprint density at radius 2 is 2.00 bits per heavy atom. The van der Waals surface area contributed by atoms with Gasteiger partial charge in [-0.25, -0.2) is 0 Å². The van der Waals surface area contributed by atoms with E-state index in [9.17, 15) is 4.79 Å². The van der Waals surface area contributed by atoms with Crippen molar-refractivity contribution < 1.29 is 13.9 Å². The summed E-state index contributed by atoms with van der Waals surface area (Å²) >= 11 is 1.69. The average Bonchev–Trinajstić information content (AvgIpc) is 3.04. The van der Waals surface area contributed by atoms with Crippen molar-refractivity contribution >= 4 is 28.6 Å². The molecule has 3 rings (SSSR count). The third-order valence-corrected chi connectivity index (χ3v) is 4.31. The first-order chi connectivity index (χ1) is 11.2. The molecule has 0 bridgehead atoms. The Morgan fingerprint density at radius 1 is 1.22 bits per heavy atom. The summed E-state index contributed by atoms with van der Waals surface area (Å²) in [4.78, 5) is 13.5. The molecule has 5 heteroatoms. The molecule has 2 aromatic carbocycles. The smallest absolute Gasteiger partial charge is 0.287 e. The molecule has 4 nitrogen and oxygen atoms in total. The van der Waals surface area contributed by atoms with E-state index in [0.717, 1.165) is 10.9 Å². The SMILES string of the molecule is COc1cccc2cc(C(=O)NCc3ccc(SC)cc3)oc12. The highest BCUT2D eigenvalue weighted by atomic mass is 32.2. The molecule has 118 valence electrons. The zero-order valence-corrected chi connectivity index (χ0v) is 13.8. The van der Waals surface area contributed by atoms with Crippen LogP contribution in [-0.4, -0.2) is 19.3 Å². The van der Waals surface area contributed by atoms with Gasteiger partial charge in [0.1, 0.15) is 0 Å². The van der Waals surface area contributed by atoms with Crippen molar-refractivity contribution in [2.75, 3.05) is 13.4 Å². The molecule has 0 fully saturated rings. The van der Waals surface area contributed by atoms with Crippen molar-refractivity contribution in [1.82, 2.24) is 5.32 Å². The van der Waals surface area contributed by atoms with E-state index in [1.54, 1.807) is 31.0 Å². The maximum Gasteiger partial charge on any atom is 0.287 e. The van der Waals surface area contributed by atoms with Gasteiger partial charge in [0.25, 0.3) is 5.91 Å². The lowest BCUT2D eigenvalue weighted by molar-refractivity contribution is 0.0925. The van der Waals surface area contributed by atoms with Crippen LogP contribution in [0.2, 0.25) is 0 Å². The van der Waals surface area contributed by atoms with Crippen molar-refractivity contribution in [3.05, 3.63) is 59.9 Å². The zero-order valence-electron chi connectivity index (χ0n) is 13.0. The van der Waals surface area contributed by atoms with Crippen molar-refractivity contribution in [3.8, 4) is 5.75 Å². The first-order valence-electron chi connectivity index (χ1n) is 7.19. The van der Waals surface area contributed by atoms with Crippen molar-refractivity contribution in [1.29, 1.82) is 0 Å². The van der Waals surface area contributed by atoms with Crippen LogP contribution in [0.4, 0.5) is 0 Å². The van der Waals surface area contributed by atoms with E-state index in [1.807, 2.05) is 42.7 Å². The van der Waals surface area contributed by atoms with Gasteiger partial charge in [0, 0.05) is 16.8 Å².